The first-order chi connectivity index (χ1) is 13.3. The molecule has 2 N–H and O–H groups in total. The number of nitrogens with one attached hydrogen (secondary N) is 2. The summed E-state index contributed by atoms with van der Waals surface area (Å²) < 4.78 is 14.9. The zero-order valence-corrected chi connectivity index (χ0v) is 15.8. The van der Waals surface area contributed by atoms with Crippen LogP contribution >= 0.6 is 0 Å². The molecule has 0 aliphatic rings. The maximum atomic E-state index is 13.3. The zero-order chi connectivity index (χ0) is 20.3. The Morgan fingerprint density at radius 1 is 1.11 bits per heavy atom. The van der Waals surface area contributed by atoms with Gasteiger partial charge in [0, 0.05) is 17.2 Å². The van der Waals surface area contributed by atoms with Gasteiger partial charge >= 0.3 is 6.03 Å². The molecule has 0 bridgehead atoms. The minimum absolute atomic E-state index is 0.243. The Labute approximate surface area is 162 Å². The monoisotopic (exact) mass is 377 g/mol. The molecule has 2 amide bonds. The molecule has 0 saturated heterocycles. The van der Waals surface area contributed by atoms with Gasteiger partial charge in [0.25, 0.3) is 0 Å². The second-order valence-electron chi connectivity index (χ2n) is 7.33. The van der Waals surface area contributed by atoms with E-state index in [9.17, 15) is 9.18 Å². The van der Waals surface area contributed by atoms with E-state index in [0.29, 0.717) is 22.8 Å². The maximum absolute atomic E-state index is 13.3. The Bertz CT molecular complexity index is 1060. The zero-order valence-electron chi connectivity index (χ0n) is 15.8. The molecule has 0 aliphatic carbocycles. The molecule has 1 heterocycles. The molecule has 6 nitrogen and oxygen atoms in total. The van der Waals surface area contributed by atoms with Crippen molar-refractivity contribution in [2.75, 3.05) is 10.6 Å². The fourth-order valence-electron chi connectivity index (χ4n) is 2.59. The highest BCUT2D eigenvalue weighted by molar-refractivity contribution is 5.99. The number of amides is 2. The van der Waals surface area contributed by atoms with Crippen molar-refractivity contribution >= 4 is 17.5 Å². The number of aromatic nitrogens is 2. The first-order valence-electron chi connectivity index (χ1n) is 8.71. The van der Waals surface area contributed by atoms with Crippen LogP contribution in [-0.2, 0) is 5.41 Å². The molecule has 142 valence electrons. The Morgan fingerprint density at radius 2 is 1.86 bits per heavy atom. The fraction of sp³-hybridized carbons (Fsp3) is 0.190. The summed E-state index contributed by atoms with van der Waals surface area (Å²) >= 11 is 0. The standard InChI is InChI=1S/C21H20FN5O/c1-21(2,3)18-12-19(25-20(28)24-16-8-5-7-15(22)11-16)27(26-18)17-9-4-6-14(10-17)13-23/h4-12H,1-3H3,(H2,24,25,28). The van der Waals surface area contributed by atoms with Gasteiger partial charge in [0.2, 0.25) is 0 Å². The summed E-state index contributed by atoms with van der Waals surface area (Å²) in [5.74, 6) is 0.0000898. The van der Waals surface area contributed by atoms with Crippen molar-refractivity contribution in [3.8, 4) is 11.8 Å². The summed E-state index contributed by atoms with van der Waals surface area (Å²) in [6.07, 6.45) is 0. The van der Waals surface area contributed by atoms with Crippen LogP contribution in [0, 0.1) is 17.1 Å². The van der Waals surface area contributed by atoms with E-state index in [1.165, 1.54) is 18.2 Å². The molecule has 0 unspecified atom stereocenters. The molecule has 3 aromatic rings. The third kappa shape index (κ3) is 4.35. The van der Waals surface area contributed by atoms with Gasteiger partial charge in [0.1, 0.15) is 11.6 Å². The quantitative estimate of drug-likeness (QED) is 0.686. The molecule has 0 atom stereocenters. The number of carbonyl (C=O) groups excluding carboxylic acids is 1. The van der Waals surface area contributed by atoms with Crippen LogP contribution in [0.4, 0.5) is 20.7 Å². The molecule has 0 radical (unpaired) electrons. The van der Waals surface area contributed by atoms with Crippen LogP contribution in [0.5, 0.6) is 0 Å². The predicted octanol–water partition coefficient (Wildman–Crippen LogP) is 4.82. The van der Waals surface area contributed by atoms with Gasteiger partial charge in [-0.15, -0.1) is 0 Å². The number of hydrogen-bond acceptors (Lipinski definition) is 3. The molecule has 7 heteroatoms. The van der Waals surface area contributed by atoms with E-state index < -0.39 is 11.8 Å². The van der Waals surface area contributed by atoms with Crippen LogP contribution in [0.25, 0.3) is 5.69 Å². The van der Waals surface area contributed by atoms with Gasteiger partial charge in [-0.25, -0.2) is 13.9 Å². The fourth-order valence-corrected chi connectivity index (χ4v) is 2.59. The van der Waals surface area contributed by atoms with Gasteiger partial charge in [-0.1, -0.05) is 32.9 Å². The van der Waals surface area contributed by atoms with Crippen molar-refractivity contribution in [3.63, 3.8) is 0 Å². The third-order valence-corrected chi connectivity index (χ3v) is 4.02. The van der Waals surface area contributed by atoms with Gasteiger partial charge in [-0.3, -0.25) is 5.32 Å². The van der Waals surface area contributed by atoms with Crippen molar-refractivity contribution in [2.45, 2.75) is 26.2 Å². The van der Waals surface area contributed by atoms with Crippen molar-refractivity contribution in [1.82, 2.24) is 9.78 Å². The maximum Gasteiger partial charge on any atom is 0.324 e. The number of carbonyl (C=O) groups is 1. The largest absolute Gasteiger partial charge is 0.324 e. The molecular formula is C21H20FN5O. The van der Waals surface area contributed by atoms with Gasteiger partial charge in [0.05, 0.1) is 23.0 Å². The highest BCUT2D eigenvalue weighted by atomic mass is 19.1. The number of urea groups is 1. The minimum atomic E-state index is -0.524. The minimum Gasteiger partial charge on any atom is -0.308 e. The summed E-state index contributed by atoms with van der Waals surface area (Å²) in [6.45, 7) is 6.05. The summed E-state index contributed by atoms with van der Waals surface area (Å²) in [6, 6.07) is 15.9. The normalized spacial score (nSPS) is 11.0. The Morgan fingerprint density at radius 3 is 2.54 bits per heavy atom. The number of rotatable bonds is 3. The molecule has 0 saturated carbocycles. The van der Waals surface area contributed by atoms with Crippen LogP contribution in [0.15, 0.2) is 54.6 Å². The lowest BCUT2D eigenvalue weighted by Gasteiger charge is -2.14. The van der Waals surface area contributed by atoms with Crippen molar-refractivity contribution in [2.24, 2.45) is 0 Å². The first-order valence-corrected chi connectivity index (χ1v) is 8.71. The Balaban J connectivity index is 1.93. The average molecular weight is 377 g/mol. The first kappa shape index (κ1) is 19.1. The van der Waals surface area contributed by atoms with Gasteiger partial charge in [-0.05, 0) is 36.4 Å². The van der Waals surface area contributed by atoms with E-state index in [0.717, 1.165) is 5.69 Å². The van der Waals surface area contributed by atoms with Crippen LogP contribution in [0.1, 0.15) is 32.0 Å². The van der Waals surface area contributed by atoms with Gasteiger partial charge in [-0.2, -0.15) is 10.4 Å². The highest BCUT2D eigenvalue weighted by Gasteiger charge is 2.21. The van der Waals surface area contributed by atoms with Gasteiger partial charge < -0.3 is 5.32 Å². The van der Waals surface area contributed by atoms with Crippen molar-refractivity contribution in [3.05, 3.63) is 71.7 Å². The smallest absolute Gasteiger partial charge is 0.308 e. The SMILES string of the molecule is CC(C)(C)c1cc(NC(=O)Nc2cccc(F)c2)n(-c2cccc(C#N)c2)n1. The number of halogens is 1. The number of nitrogens with zero attached hydrogens (tertiary/aromatic N) is 3. The van der Waals surface area contributed by atoms with E-state index in [-0.39, 0.29) is 5.41 Å². The molecule has 1 aromatic heterocycles. The van der Waals surface area contributed by atoms with Crippen LogP contribution in [0.2, 0.25) is 0 Å². The average Bonchev–Trinajstić information content (AvgIpc) is 3.06. The summed E-state index contributed by atoms with van der Waals surface area (Å²) in [7, 11) is 0. The van der Waals surface area contributed by atoms with E-state index in [1.807, 2.05) is 20.8 Å². The number of hydrogen-bond donors (Lipinski definition) is 2. The molecule has 0 spiro atoms. The topological polar surface area (TPSA) is 82.7 Å². The predicted molar refractivity (Wildman–Crippen MR) is 106 cm³/mol. The van der Waals surface area contributed by atoms with Gasteiger partial charge in [0.15, 0.2) is 0 Å². The van der Waals surface area contributed by atoms with Crippen molar-refractivity contribution in [1.29, 1.82) is 5.26 Å². The number of nitriles is 1. The summed E-state index contributed by atoms with van der Waals surface area (Å²) in [4.78, 5) is 12.4. The number of anilines is 2. The Hall–Kier alpha value is -3.66. The third-order valence-electron chi connectivity index (χ3n) is 4.02. The highest BCUT2D eigenvalue weighted by Crippen LogP contribution is 2.26. The van der Waals surface area contributed by atoms with E-state index in [4.69, 9.17) is 5.26 Å². The van der Waals surface area contributed by atoms with E-state index in [1.54, 1.807) is 41.1 Å². The second kappa shape index (κ2) is 7.53. The molecular weight excluding hydrogens is 357 g/mol. The van der Waals surface area contributed by atoms with E-state index in [2.05, 4.69) is 21.8 Å². The molecule has 3 rings (SSSR count). The lowest BCUT2D eigenvalue weighted by atomic mass is 9.92. The Kier molecular flexibility index (Phi) is 5.14. The van der Waals surface area contributed by atoms with Crippen molar-refractivity contribution < 1.29 is 9.18 Å². The summed E-state index contributed by atoms with van der Waals surface area (Å²) in [5, 5.41) is 19.1. The van der Waals surface area contributed by atoms with Crippen LogP contribution in [-0.4, -0.2) is 15.8 Å². The van der Waals surface area contributed by atoms with E-state index >= 15 is 0 Å². The summed E-state index contributed by atoms with van der Waals surface area (Å²) in [5.41, 5.74) is 2.01. The van der Waals surface area contributed by atoms with Crippen LogP contribution in [0.3, 0.4) is 0 Å². The number of benzene rings is 2. The molecule has 2 aromatic carbocycles. The van der Waals surface area contributed by atoms with Crippen LogP contribution < -0.4 is 10.6 Å². The molecule has 28 heavy (non-hydrogen) atoms. The lowest BCUT2D eigenvalue weighted by Crippen LogP contribution is -2.21. The molecule has 0 fully saturated rings. The molecule has 0 aliphatic heterocycles. The second-order valence-corrected chi connectivity index (χ2v) is 7.33. The lowest BCUT2D eigenvalue weighted by molar-refractivity contribution is 0.262.